The molecule has 0 aliphatic carbocycles. The second kappa shape index (κ2) is 9.10. The molecular weight excluding hydrogens is 354 g/mol. The minimum absolute atomic E-state index is 0.441. The van der Waals surface area contributed by atoms with Gasteiger partial charge in [-0.3, -0.25) is 0 Å². The molecule has 0 bridgehead atoms. The van der Waals surface area contributed by atoms with Gasteiger partial charge in [0, 0.05) is 25.2 Å². The van der Waals surface area contributed by atoms with Gasteiger partial charge in [-0.2, -0.15) is 4.98 Å². The Bertz CT molecular complexity index is 788. The first-order valence-electron chi connectivity index (χ1n) is 9.90. The van der Waals surface area contributed by atoms with Crippen molar-refractivity contribution in [2.24, 2.45) is 0 Å². The van der Waals surface area contributed by atoms with Gasteiger partial charge in [-0.15, -0.1) is 0 Å². The van der Waals surface area contributed by atoms with Crippen LogP contribution < -0.4 is 20.5 Å². The summed E-state index contributed by atoms with van der Waals surface area (Å²) < 4.78 is 11.5. The molecule has 1 aromatic heterocycles. The third-order valence-corrected chi connectivity index (χ3v) is 5.33. The summed E-state index contributed by atoms with van der Waals surface area (Å²) in [7, 11) is 3.42. The highest BCUT2D eigenvalue weighted by atomic mass is 16.5. The fourth-order valence-corrected chi connectivity index (χ4v) is 3.78. The van der Waals surface area contributed by atoms with Gasteiger partial charge in [-0.1, -0.05) is 6.07 Å². The normalized spacial score (nSPS) is 16.9. The van der Waals surface area contributed by atoms with Crippen molar-refractivity contribution in [1.82, 2.24) is 14.9 Å². The largest absolute Gasteiger partial charge is 0.493 e. The second-order valence-electron chi connectivity index (χ2n) is 7.24. The molecule has 0 amide bonds. The molecule has 0 radical (unpaired) electrons. The average molecular weight is 386 g/mol. The predicted octanol–water partition coefficient (Wildman–Crippen LogP) is 3.34. The van der Waals surface area contributed by atoms with E-state index in [0.29, 0.717) is 35.9 Å². The van der Waals surface area contributed by atoms with E-state index in [1.807, 2.05) is 25.1 Å². The lowest BCUT2D eigenvalue weighted by atomic mass is 10.0. The van der Waals surface area contributed by atoms with Crippen molar-refractivity contribution in [2.75, 3.05) is 44.9 Å². The number of nitrogens with two attached hydrogens (primary N) is 1. The lowest BCUT2D eigenvalue weighted by Crippen LogP contribution is -2.28. The average Bonchev–Trinajstić information content (AvgIpc) is 3.09. The van der Waals surface area contributed by atoms with E-state index in [4.69, 9.17) is 15.2 Å². The molecule has 3 N–H and O–H groups in total. The van der Waals surface area contributed by atoms with E-state index in [1.54, 1.807) is 14.2 Å². The molecule has 152 valence electrons. The maximum Gasteiger partial charge on any atom is 0.224 e. The van der Waals surface area contributed by atoms with Crippen molar-refractivity contribution in [3.8, 4) is 22.6 Å². The predicted molar refractivity (Wildman–Crippen MR) is 113 cm³/mol. The monoisotopic (exact) mass is 385 g/mol. The number of hydrogen-bond acceptors (Lipinski definition) is 7. The van der Waals surface area contributed by atoms with Gasteiger partial charge in [0.05, 0.1) is 19.4 Å². The zero-order valence-electron chi connectivity index (χ0n) is 17.3. The third-order valence-electron chi connectivity index (χ3n) is 5.33. The molecule has 0 saturated carbocycles. The Kier molecular flexibility index (Phi) is 6.57. The number of methoxy groups -OCH3 is 1. The van der Waals surface area contributed by atoms with Crippen molar-refractivity contribution in [3.63, 3.8) is 0 Å². The second-order valence-corrected chi connectivity index (χ2v) is 7.24. The van der Waals surface area contributed by atoms with E-state index in [1.165, 1.54) is 19.4 Å². The van der Waals surface area contributed by atoms with E-state index >= 15 is 0 Å². The Morgan fingerprint density at radius 1 is 1.29 bits per heavy atom. The molecule has 1 saturated heterocycles. The number of nitrogen functional groups attached to an aromatic ring is 1. The molecule has 28 heavy (non-hydrogen) atoms. The van der Waals surface area contributed by atoms with Crippen molar-refractivity contribution in [2.45, 2.75) is 39.2 Å². The van der Waals surface area contributed by atoms with E-state index in [0.717, 1.165) is 29.8 Å². The van der Waals surface area contributed by atoms with E-state index in [9.17, 15) is 0 Å². The lowest BCUT2D eigenvalue weighted by Gasteiger charge is -2.21. The summed E-state index contributed by atoms with van der Waals surface area (Å²) in [6, 6.07) is 6.50. The highest BCUT2D eigenvalue weighted by molar-refractivity contribution is 5.78. The van der Waals surface area contributed by atoms with Crippen molar-refractivity contribution in [3.05, 3.63) is 23.9 Å². The summed E-state index contributed by atoms with van der Waals surface area (Å²) >= 11 is 0. The van der Waals surface area contributed by atoms with Crippen LogP contribution >= 0.6 is 0 Å². The first-order valence-corrected chi connectivity index (χ1v) is 9.90. The van der Waals surface area contributed by atoms with Crippen LogP contribution in [-0.4, -0.2) is 54.8 Å². The number of aryl methyl sites for hydroxylation is 1. The first kappa shape index (κ1) is 20.2. The quantitative estimate of drug-likeness (QED) is 0.674. The first-order chi connectivity index (χ1) is 13.5. The zero-order valence-corrected chi connectivity index (χ0v) is 17.3. The molecule has 0 unspecified atom stereocenters. The smallest absolute Gasteiger partial charge is 0.224 e. The van der Waals surface area contributed by atoms with Gasteiger partial charge in [0.25, 0.3) is 0 Å². The van der Waals surface area contributed by atoms with Crippen LogP contribution in [-0.2, 0) is 0 Å². The Labute approximate surface area is 167 Å². The summed E-state index contributed by atoms with van der Waals surface area (Å²) in [5, 5.41) is 2.93. The number of rotatable bonds is 8. The van der Waals surface area contributed by atoms with Crippen LogP contribution in [0.15, 0.2) is 18.2 Å². The van der Waals surface area contributed by atoms with Gasteiger partial charge < -0.3 is 25.4 Å². The molecule has 7 heteroatoms. The number of likely N-dealkylation sites (tertiary alicyclic amines) is 1. The molecule has 2 heterocycles. The van der Waals surface area contributed by atoms with E-state index in [-0.39, 0.29) is 0 Å². The molecule has 1 aliphatic rings. The molecule has 1 fully saturated rings. The molecule has 7 nitrogen and oxygen atoms in total. The number of nitrogens with one attached hydrogen (secondary N) is 1. The van der Waals surface area contributed by atoms with Gasteiger partial charge in [0.1, 0.15) is 5.82 Å². The maximum atomic E-state index is 6.19. The van der Waals surface area contributed by atoms with Crippen molar-refractivity contribution >= 4 is 11.8 Å². The van der Waals surface area contributed by atoms with Crippen LogP contribution in [0.25, 0.3) is 11.1 Å². The Balaban J connectivity index is 1.73. The van der Waals surface area contributed by atoms with Gasteiger partial charge in [-0.25, -0.2) is 4.98 Å². The van der Waals surface area contributed by atoms with Crippen LogP contribution in [0.1, 0.15) is 31.9 Å². The lowest BCUT2D eigenvalue weighted by molar-refractivity contribution is 0.226. The van der Waals surface area contributed by atoms with Crippen LogP contribution in [0, 0.1) is 6.92 Å². The fraction of sp³-hybridized carbons (Fsp3) is 0.524. The van der Waals surface area contributed by atoms with E-state index < -0.39 is 0 Å². The summed E-state index contributed by atoms with van der Waals surface area (Å²) in [5.41, 5.74) is 8.74. The maximum absolute atomic E-state index is 6.19. The van der Waals surface area contributed by atoms with Gasteiger partial charge in [-0.05, 0) is 57.4 Å². The highest BCUT2D eigenvalue weighted by Gasteiger charge is 2.19. The molecule has 1 atom stereocenters. The standard InChI is InChI=1S/C21H31N5O2/c1-14-7-5-10-26(14)11-6-12-28-18-13-16(8-9-17(18)27-4)19-15(2)24-21(23-3)25-20(19)22/h8-9,13-14H,5-7,10-12H2,1-4H3,(H3,22,23,24,25)/t14-/m0/s1. The topological polar surface area (TPSA) is 85.5 Å². The molecule has 0 spiro atoms. The summed E-state index contributed by atoms with van der Waals surface area (Å²) in [5.74, 6) is 2.38. The molecular formula is C21H31N5O2. The number of aromatic nitrogens is 2. The van der Waals surface area contributed by atoms with Gasteiger partial charge in [0.2, 0.25) is 5.95 Å². The van der Waals surface area contributed by atoms with Crippen LogP contribution in [0.3, 0.4) is 0 Å². The van der Waals surface area contributed by atoms with Crippen molar-refractivity contribution in [1.29, 1.82) is 0 Å². The number of anilines is 2. The highest BCUT2D eigenvalue weighted by Crippen LogP contribution is 2.35. The summed E-state index contributed by atoms with van der Waals surface area (Å²) in [4.78, 5) is 11.3. The Hall–Kier alpha value is -2.54. The number of ether oxygens (including phenoxy) is 2. The summed E-state index contributed by atoms with van der Waals surface area (Å²) in [6.07, 6.45) is 3.58. The summed E-state index contributed by atoms with van der Waals surface area (Å²) in [6.45, 7) is 7.13. The van der Waals surface area contributed by atoms with Crippen molar-refractivity contribution < 1.29 is 9.47 Å². The van der Waals surface area contributed by atoms with Gasteiger partial charge in [0.15, 0.2) is 11.5 Å². The van der Waals surface area contributed by atoms with E-state index in [2.05, 4.69) is 27.1 Å². The number of hydrogen-bond donors (Lipinski definition) is 2. The Morgan fingerprint density at radius 2 is 2.11 bits per heavy atom. The molecule has 1 aromatic carbocycles. The SMILES string of the molecule is CNc1nc(C)c(-c2ccc(OC)c(OCCCN3CCC[C@@H]3C)c2)c(N)n1. The van der Waals surface area contributed by atoms with Crippen LogP contribution in [0.5, 0.6) is 11.5 Å². The van der Waals surface area contributed by atoms with Crippen LogP contribution in [0.2, 0.25) is 0 Å². The molecule has 3 rings (SSSR count). The minimum Gasteiger partial charge on any atom is -0.493 e. The fourth-order valence-electron chi connectivity index (χ4n) is 3.78. The van der Waals surface area contributed by atoms with Crippen LogP contribution in [0.4, 0.5) is 11.8 Å². The zero-order chi connectivity index (χ0) is 20.1. The minimum atomic E-state index is 0.441. The molecule has 2 aromatic rings. The number of benzene rings is 1. The van der Waals surface area contributed by atoms with Gasteiger partial charge >= 0.3 is 0 Å². The molecule has 1 aliphatic heterocycles. The Morgan fingerprint density at radius 3 is 2.75 bits per heavy atom. The number of nitrogens with zero attached hydrogens (tertiary/aromatic N) is 3. The third kappa shape index (κ3) is 4.47.